The molecular weight excluding hydrogens is 321 g/mol. The van der Waals surface area contributed by atoms with Gasteiger partial charge >= 0.3 is 0 Å². The first-order chi connectivity index (χ1) is 11.7. The zero-order chi connectivity index (χ0) is 18.2. The first-order valence-corrected chi connectivity index (χ1v) is 8.55. The fourth-order valence-corrected chi connectivity index (χ4v) is 3.12. The molecule has 1 amide bonds. The molecule has 3 rings (SSSR count). The topological polar surface area (TPSA) is 58.4 Å². The summed E-state index contributed by atoms with van der Waals surface area (Å²) in [6.07, 6.45) is 1.74. The molecule has 0 unspecified atom stereocenters. The van der Waals surface area contributed by atoms with E-state index in [1.165, 1.54) is 6.07 Å². The molecule has 0 atom stereocenters. The minimum atomic E-state index is -0.266. The number of aromatic nitrogens is 1. The Hall–Kier alpha value is -2.37. The summed E-state index contributed by atoms with van der Waals surface area (Å²) in [4.78, 5) is 14.2. The Labute approximate surface area is 147 Å². The highest BCUT2D eigenvalue weighted by Crippen LogP contribution is 2.31. The van der Waals surface area contributed by atoms with Gasteiger partial charge in [0.2, 0.25) is 11.8 Å². The number of hydrogen-bond acceptors (Lipinski definition) is 4. The minimum Gasteiger partial charge on any atom is -0.360 e. The number of rotatable bonds is 3. The molecule has 1 aliphatic heterocycles. The first-order valence-electron chi connectivity index (χ1n) is 8.55. The normalized spacial score (nSPS) is 14.4. The van der Waals surface area contributed by atoms with Gasteiger partial charge in [-0.1, -0.05) is 32.0 Å². The van der Waals surface area contributed by atoms with Crippen LogP contribution in [0.5, 0.6) is 0 Å². The lowest BCUT2D eigenvalue weighted by atomic mass is 9.92. The number of fused-ring (bicyclic) bond motifs is 1. The summed E-state index contributed by atoms with van der Waals surface area (Å²) in [5.41, 5.74) is 3.02. The number of aryl methyl sites for hydroxylation is 2. The maximum atomic E-state index is 14.4. The van der Waals surface area contributed by atoms with Crippen molar-refractivity contribution in [2.45, 2.75) is 46.0 Å². The van der Waals surface area contributed by atoms with E-state index in [0.29, 0.717) is 18.1 Å². The molecule has 25 heavy (non-hydrogen) atoms. The molecule has 0 saturated carbocycles. The van der Waals surface area contributed by atoms with Crippen molar-refractivity contribution in [1.29, 1.82) is 0 Å². The maximum absolute atomic E-state index is 14.4. The van der Waals surface area contributed by atoms with Gasteiger partial charge in [-0.2, -0.15) is 0 Å². The van der Waals surface area contributed by atoms with Crippen LogP contribution in [0.3, 0.4) is 0 Å². The molecule has 134 valence electrons. The molecule has 5 nitrogen and oxygen atoms in total. The quantitative estimate of drug-likeness (QED) is 0.919. The van der Waals surface area contributed by atoms with E-state index in [4.69, 9.17) is 4.52 Å². The smallest absolute Gasteiger partial charge is 0.246 e. The molecule has 0 aliphatic carbocycles. The Morgan fingerprint density at radius 3 is 2.80 bits per heavy atom. The van der Waals surface area contributed by atoms with Crippen LogP contribution in [-0.2, 0) is 16.6 Å². The Bertz CT molecular complexity index is 792. The summed E-state index contributed by atoms with van der Waals surface area (Å²) < 4.78 is 19.6. The van der Waals surface area contributed by atoms with Gasteiger partial charge in [0.25, 0.3) is 0 Å². The van der Waals surface area contributed by atoms with Crippen molar-refractivity contribution >= 4 is 17.5 Å². The van der Waals surface area contributed by atoms with Gasteiger partial charge in [-0.25, -0.2) is 4.39 Å². The van der Waals surface area contributed by atoms with Crippen LogP contribution in [0, 0.1) is 12.7 Å². The SMILES string of the molecule is Cc1cc(F)c2c(c1)CCCN2CC(=O)Nc1cc(C(C)(C)C)no1. The number of hydrogen-bond donors (Lipinski definition) is 1. The molecule has 0 fully saturated rings. The fraction of sp³-hybridized carbons (Fsp3) is 0.474. The summed E-state index contributed by atoms with van der Waals surface area (Å²) >= 11 is 0. The van der Waals surface area contributed by atoms with E-state index >= 15 is 0 Å². The van der Waals surface area contributed by atoms with E-state index in [0.717, 1.165) is 29.7 Å². The van der Waals surface area contributed by atoms with Gasteiger partial charge in [0, 0.05) is 18.0 Å². The second-order valence-corrected chi connectivity index (χ2v) is 7.65. The summed E-state index contributed by atoms with van der Waals surface area (Å²) in [6.45, 7) is 8.68. The molecule has 1 aromatic carbocycles. The number of nitrogens with one attached hydrogen (secondary N) is 1. The number of nitrogens with zero attached hydrogens (tertiary/aromatic N) is 2. The van der Waals surface area contributed by atoms with Crippen LogP contribution < -0.4 is 10.2 Å². The monoisotopic (exact) mass is 345 g/mol. The fourth-order valence-electron chi connectivity index (χ4n) is 3.12. The van der Waals surface area contributed by atoms with E-state index in [2.05, 4.69) is 10.5 Å². The summed E-state index contributed by atoms with van der Waals surface area (Å²) in [7, 11) is 0. The molecule has 1 aliphatic rings. The Kier molecular flexibility index (Phi) is 4.54. The summed E-state index contributed by atoms with van der Waals surface area (Å²) in [5.74, 6) is -0.196. The molecular formula is C19H24FN3O2. The highest BCUT2D eigenvalue weighted by atomic mass is 19.1. The number of anilines is 2. The van der Waals surface area contributed by atoms with Gasteiger partial charge in [0.1, 0.15) is 5.82 Å². The molecule has 0 radical (unpaired) electrons. The number of carbonyl (C=O) groups is 1. The van der Waals surface area contributed by atoms with Gasteiger partial charge in [0.15, 0.2) is 0 Å². The third-order valence-electron chi connectivity index (χ3n) is 4.35. The van der Waals surface area contributed by atoms with E-state index in [-0.39, 0.29) is 23.7 Å². The number of carbonyl (C=O) groups excluding carboxylic acids is 1. The third-order valence-corrected chi connectivity index (χ3v) is 4.35. The predicted octanol–water partition coefficient (Wildman–Crippen LogP) is 3.81. The van der Waals surface area contributed by atoms with Gasteiger partial charge in [-0.3, -0.25) is 10.1 Å². The Balaban J connectivity index is 1.72. The molecule has 2 aromatic rings. The van der Waals surface area contributed by atoms with Crippen molar-refractivity contribution < 1.29 is 13.7 Å². The maximum Gasteiger partial charge on any atom is 0.246 e. The number of amides is 1. The van der Waals surface area contributed by atoms with Gasteiger partial charge in [-0.15, -0.1) is 0 Å². The van der Waals surface area contributed by atoms with Crippen LogP contribution >= 0.6 is 0 Å². The second kappa shape index (κ2) is 6.50. The van der Waals surface area contributed by atoms with Gasteiger partial charge in [0.05, 0.1) is 17.9 Å². The average molecular weight is 345 g/mol. The van der Waals surface area contributed by atoms with Crippen LogP contribution in [0.4, 0.5) is 16.0 Å². The van der Waals surface area contributed by atoms with Crippen molar-refractivity contribution in [2.24, 2.45) is 0 Å². The molecule has 1 aromatic heterocycles. The zero-order valence-corrected chi connectivity index (χ0v) is 15.1. The molecule has 6 heteroatoms. The van der Waals surface area contributed by atoms with E-state index in [9.17, 15) is 9.18 Å². The summed E-state index contributed by atoms with van der Waals surface area (Å²) in [5, 5.41) is 6.69. The van der Waals surface area contributed by atoms with Gasteiger partial charge in [-0.05, 0) is 37.0 Å². The molecule has 0 saturated heterocycles. The van der Waals surface area contributed by atoms with Crippen molar-refractivity contribution in [3.63, 3.8) is 0 Å². The largest absolute Gasteiger partial charge is 0.360 e. The predicted molar refractivity (Wildman–Crippen MR) is 95.5 cm³/mol. The van der Waals surface area contributed by atoms with Crippen LogP contribution in [0.1, 0.15) is 44.0 Å². The molecule has 1 N–H and O–H groups in total. The Morgan fingerprint density at radius 2 is 2.12 bits per heavy atom. The highest BCUT2D eigenvalue weighted by molar-refractivity contribution is 5.93. The minimum absolute atomic E-state index is 0.0819. The second-order valence-electron chi connectivity index (χ2n) is 7.65. The van der Waals surface area contributed by atoms with E-state index in [1.54, 1.807) is 11.0 Å². The Morgan fingerprint density at radius 1 is 1.36 bits per heavy atom. The van der Waals surface area contributed by atoms with Crippen LogP contribution in [0.25, 0.3) is 0 Å². The number of benzene rings is 1. The van der Waals surface area contributed by atoms with Crippen molar-refractivity contribution in [3.8, 4) is 0 Å². The average Bonchev–Trinajstić information content (AvgIpc) is 2.95. The highest BCUT2D eigenvalue weighted by Gasteiger charge is 2.24. The van der Waals surface area contributed by atoms with Crippen LogP contribution in [0.15, 0.2) is 22.7 Å². The van der Waals surface area contributed by atoms with Crippen LogP contribution in [-0.4, -0.2) is 24.2 Å². The van der Waals surface area contributed by atoms with Gasteiger partial charge < -0.3 is 9.42 Å². The standard InChI is InChI=1S/C19H24FN3O2/c1-12-8-13-6-5-7-23(18(13)14(20)9-12)11-16(24)21-17-10-15(22-25-17)19(2,3)4/h8-10H,5-7,11H2,1-4H3,(H,21,24). The summed E-state index contributed by atoms with van der Waals surface area (Å²) in [6, 6.07) is 5.24. The molecule has 0 spiro atoms. The van der Waals surface area contributed by atoms with E-state index < -0.39 is 0 Å². The van der Waals surface area contributed by atoms with Crippen LogP contribution in [0.2, 0.25) is 0 Å². The zero-order valence-electron chi connectivity index (χ0n) is 15.1. The molecule has 0 bridgehead atoms. The van der Waals surface area contributed by atoms with E-state index in [1.807, 2.05) is 33.8 Å². The van der Waals surface area contributed by atoms with Crippen molar-refractivity contribution in [1.82, 2.24) is 5.16 Å². The first kappa shape index (κ1) is 17.5. The third kappa shape index (κ3) is 3.83. The molecule has 2 heterocycles. The van der Waals surface area contributed by atoms with Crippen molar-refractivity contribution in [3.05, 3.63) is 40.8 Å². The lowest BCUT2D eigenvalue weighted by molar-refractivity contribution is -0.115. The lowest BCUT2D eigenvalue weighted by Crippen LogP contribution is -2.37. The van der Waals surface area contributed by atoms with Crippen molar-refractivity contribution in [2.75, 3.05) is 23.3 Å². The lowest BCUT2D eigenvalue weighted by Gasteiger charge is -2.31. The number of halogens is 1.